The molecule has 0 heterocycles. The molecule has 1 aliphatic carbocycles. The molecule has 0 atom stereocenters. The minimum absolute atomic E-state index is 0.134. The van der Waals surface area contributed by atoms with E-state index >= 15 is 0 Å². The quantitative estimate of drug-likeness (QED) is 0.842. The first-order valence-corrected chi connectivity index (χ1v) is 7.40. The number of aryl methyl sites for hydroxylation is 1. The van der Waals surface area contributed by atoms with Crippen LogP contribution in [0.2, 0.25) is 0 Å². The predicted octanol–water partition coefficient (Wildman–Crippen LogP) is 3.62. The van der Waals surface area contributed by atoms with E-state index in [1.807, 2.05) is 20.8 Å². The van der Waals surface area contributed by atoms with Gasteiger partial charge in [-0.15, -0.1) is 0 Å². The van der Waals surface area contributed by atoms with Crippen LogP contribution in [0.15, 0.2) is 30.9 Å². The molecule has 0 aromatic heterocycles. The van der Waals surface area contributed by atoms with Crippen LogP contribution in [0.3, 0.4) is 0 Å². The van der Waals surface area contributed by atoms with Crippen molar-refractivity contribution in [1.82, 2.24) is 5.32 Å². The third kappa shape index (κ3) is 5.21. The van der Waals surface area contributed by atoms with Crippen LogP contribution in [0.5, 0.6) is 5.75 Å². The lowest BCUT2D eigenvalue weighted by Crippen LogP contribution is -2.45. The van der Waals surface area contributed by atoms with E-state index in [4.69, 9.17) is 4.74 Å². The lowest BCUT2D eigenvalue weighted by molar-refractivity contribution is -0.118. The van der Waals surface area contributed by atoms with Gasteiger partial charge in [-0.1, -0.05) is 26.5 Å². The molecule has 0 radical (unpaired) electrons. The molecule has 1 aromatic carbocycles. The Balaban J connectivity index is 0.00000106. The number of hydrogen-bond donors (Lipinski definition) is 1. The van der Waals surface area contributed by atoms with Crippen molar-refractivity contribution in [3.63, 3.8) is 0 Å². The summed E-state index contributed by atoms with van der Waals surface area (Å²) in [6.45, 7) is 9.86. The molecule has 1 N–H and O–H groups in total. The van der Waals surface area contributed by atoms with E-state index in [0.29, 0.717) is 18.3 Å². The molecule has 1 aliphatic rings. The maximum atomic E-state index is 13.1. The van der Waals surface area contributed by atoms with Gasteiger partial charge in [0.05, 0.1) is 6.61 Å². The molecule has 1 aromatic rings. The maximum absolute atomic E-state index is 13.1. The summed E-state index contributed by atoms with van der Waals surface area (Å²) in [5, 5.41) is 2.84. The Morgan fingerprint density at radius 2 is 2.14 bits per heavy atom. The smallest absolute Gasteiger partial charge is 0.243 e. The summed E-state index contributed by atoms with van der Waals surface area (Å²) in [4.78, 5) is 11.1. The van der Waals surface area contributed by atoms with Gasteiger partial charge in [-0.25, -0.2) is 4.39 Å². The monoisotopic (exact) mass is 293 g/mol. The largest absolute Gasteiger partial charge is 0.493 e. The van der Waals surface area contributed by atoms with Crippen molar-refractivity contribution in [2.75, 3.05) is 6.61 Å². The fourth-order valence-corrected chi connectivity index (χ4v) is 2.19. The number of carbonyl (C=O) groups is 1. The summed E-state index contributed by atoms with van der Waals surface area (Å²) >= 11 is 0. The molecule has 0 spiro atoms. The number of rotatable bonds is 5. The molecular weight excluding hydrogens is 269 g/mol. The summed E-state index contributed by atoms with van der Waals surface area (Å²) in [6.07, 6.45) is 3.07. The van der Waals surface area contributed by atoms with E-state index in [0.717, 1.165) is 18.4 Å². The predicted molar refractivity (Wildman–Crippen MR) is 82.8 cm³/mol. The minimum Gasteiger partial charge on any atom is -0.493 e. The molecular formula is C17H24FNO2. The van der Waals surface area contributed by atoms with Crippen LogP contribution in [0.25, 0.3) is 0 Å². The number of benzene rings is 1. The second-order valence-electron chi connectivity index (χ2n) is 4.97. The topological polar surface area (TPSA) is 38.3 Å². The van der Waals surface area contributed by atoms with Crippen LogP contribution in [-0.2, 0) is 4.79 Å². The first-order valence-electron chi connectivity index (χ1n) is 7.40. The first-order chi connectivity index (χ1) is 10.1. The molecule has 1 amide bonds. The van der Waals surface area contributed by atoms with Gasteiger partial charge in [0.25, 0.3) is 0 Å². The Labute approximate surface area is 126 Å². The second-order valence-corrected chi connectivity index (χ2v) is 4.97. The SMILES string of the molecule is C=CC(=O)NC1CC(COc2cc(F)ccc2C)C1.CC. The summed E-state index contributed by atoms with van der Waals surface area (Å²) < 4.78 is 18.7. The molecule has 21 heavy (non-hydrogen) atoms. The first kappa shape index (κ1) is 17.2. The van der Waals surface area contributed by atoms with Crippen molar-refractivity contribution in [1.29, 1.82) is 0 Å². The number of amides is 1. The van der Waals surface area contributed by atoms with E-state index in [9.17, 15) is 9.18 Å². The van der Waals surface area contributed by atoms with Crippen molar-refractivity contribution in [2.24, 2.45) is 5.92 Å². The van der Waals surface area contributed by atoms with Gasteiger partial charge in [0.1, 0.15) is 11.6 Å². The molecule has 0 saturated heterocycles. The normalized spacial score (nSPS) is 19.6. The van der Waals surface area contributed by atoms with Crippen molar-refractivity contribution >= 4 is 5.91 Å². The van der Waals surface area contributed by atoms with Gasteiger partial charge in [-0.05, 0) is 43.4 Å². The number of carbonyl (C=O) groups excluding carboxylic acids is 1. The minimum atomic E-state index is -0.287. The van der Waals surface area contributed by atoms with Crippen molar-refractivity contribution in [3.05, 3.63) is 42.2 Å². The average molecular weight is 293 g/mol. The van der Waals surface area contributed by atoms with Crippen LogP contribution < -0.4 is 10.1 Å². The zero-order valence-corrected chi connectivity index (χ0v) is 13.0. The standard InChI is InChI=1S/C15H18FNO2.C2H6/c1-3-15(18)17-13-6-11(7-13)9-19-14-8-12(16)5-4-10(14)2;1-2/h3-5,8,11,13H,1,6-7,9H2,2H3,(H,17,18);1-2H3. The highest BCUT2D eigenvalue weighted by Crippen LogP contribution is 2.29. The molecule has 116 valence electrons. The lowest BCUT2D eigenvalue weighted by Gasteiger charge is -2.35. The number of hydrogen-bond acceptors (Lipinski definition) is 2. The fraction of sp³-hybridized carbons (Fsp3) is 0.471. The van der Waals surface area contributed by atoms with E-state index in [1.54, 1.807) is 6.07 Å². The zero-order chi connectivity index (χ0) is 15.8. The van der Waals surface area contributed by atoms with Crippen LogP contribution in [0, 0.1) is 18.7 Å². The van der Waals surface area contributed by atoms with Crippen molar-refractivity contribution in [2.45, 2.75) is 39.7 Å². The Kier molecular flexibility index (Phi) is 6.92. The Morgan fingerprint density at radius 3 is 2.76 bits per heavy atom. The van der Waals surface area contributed by atoms with Crippen LogP contribution in [-0.4, -0.2) is 18.6 Å². The summed E-state index contributed by atoms with van der Waals surface area (Å²) in [6, 6.07) is 4.75. The number of halogens is 1. The molecule has 0 bridgehead atoms. The van der Waals surface area contributed by atoms with Gasteiger partial charge in [-0.2, -0.15) is 0 Å². The molecule has 1 fully saturated rings. The molecule has 2 rings (SSSR count). The van der Waals surface area contributed by atoms with Gasteiger partial charge in [0.15, 0.2) is 0 Å². The Bertz CT molecular complexity index is 482. The maximum Gasteiger partial charge on any atom is 0.243 e. The van der Waals surface area contributed by atoms with Crippen molar-refractivity contribution in [3.8, 4) is 5.75 Å². The van der Waals surface area contributed by atoms with Crippen LogP contribution in [0.1, 0.15) is 32.3 Å². The highest BCUT2D eigenvalue weighted by atomic mass is 19.1. The van der Waals surface area contributed by atoms with Gasteiger partial charge < -0.3 is 10.1 Å². The molecule has 1 saturated carbocycles. The Hall–Kier alpha value is -1.84. The third-order valence-electron chi connectivity index (χ3n) is 3.39. The number of nitrogens with one attached hydrogen (secondary N) is 1. The third-order valence-corrected chi connectivity index (χ3v) is 3.39. The fourth-order valence-electron chi connectivity index (χ4n) is 2.19. The molecule has 3 nitrogen and oxygen atoms in total. The van der Waals surface area contributed by atoms with Gasteiger partial charge in [0, 0.05) is 12.1 Å². The zero-order valence-electron chi connectivity index (χ0n) is 13.0. The van der Waals surface area contributed by atoms with Crippen molar-refractivity contribution < 1.29 is 13.9 Å². The van der Waals surface area contributed by atoms with E-state index in [1.165, 1.54) is 18.2 Å². The van der Waals surface area contributed by atoms with Gasteiger partial charge >= 0.3 is 0 Å². The van der Waals surface area contributed by atoms with Crippen LogP contribution >= 0.6 is 0 Å². The lowest BCUT2D eigenvalue weighted by atomic mass is 9.81. The van der Waals surface area contributed by atoms with E-state index < -0.39 is 0 Å². The van der Waals surface area contributed by atoms with Gasteiger partial charge in [0.2, 0.25) is 5.91 Å². The van der Waals surface area contributed by atoms with Gasteiger partial charge in [-0.3, -0.25) is 4.79 Å². The number of ether oxygens (including phenoxy) is 1. The van der Waals surface area contributed by atoms with E-state index in [-0.39, 0.29) is 17.8 Å². The highest BCUT2D eigenvalue weighted by Gasteiger charge is 2.30. The second kappa shape index (κ2) is 8.45. The molecule has 0 unspecified atom stereocenters. The highest BCUT2D eigenvalue weighted by molar-refractivity contribution is 5.87. The van der Waals surface area contributed by atoms with E-state index in [2.05, 4.69) is 11.9 Å². The summed E-state index contributed by atoms with van der Waals surface area (Å²) in [7, 11) is 0. The average Bonchev–Trinajstić information content (AvgIpc) is 2.46. The molecule has 0 aliphatic heterocycles. The Morgan fingerprint density at radius 1 is 1.48 bits per heavy atom. The van der Waals surface area contributed by atoms with Crippen LogP contribution in [0.4, 0.5) is 4.39 Å². The molecule has 4 heteroatoms. The summed E-state index contributed by atoms with van der Waals surface area (Å²) in [5.41, 5.74) is 0.928. The summed E-state index contributed by atoms with van der Waals surface area (Å²) in [5.74, 6) is 0.590.